The summed E-state index contributed by atoms with van der Waals surface area (Å²) in [5.41, 5.74) is 1.53. The molecule has 1 aromatic carbocycles. The number of benzene rings is 1. The molecule has 2 aromatic rings. The number of hydrogen-bond acceptors (Lipinski definition) is 5. The number of carbonyl (C=O) groups excluding carboxylic acids is 2. The number of Topliss-reactive ketones (excluding diaryl/α,β-unsaturated/α-hetero) is 1. The van der Waals surface area contributed by atoms with E-state index in [1.165, 1.54) is 0 Å². The van der Waals surface area contributed by atoms with Crippen LogP contribution in [0.4, 0.5) is 0 Å². The quantitative estimate of drug-likeness (QED) is 0.755. The molecule has 0 saturated carbocycles. The Morgan fingerprint density at radius 3 is 2.77 bits per heavy atom. The monoisotopic (exact) mass is 372 g/mol. The number of thiazole rings is 1. The van der Waals surface area contributed by atoms with Crippen molar-refractivity contribution in [1.29, 1.82) is 0 Å². The van der Waals surface area contributed by atoms with Gasteiger partial charge in [-0.25, -0.2) is 4.98 Å². The molecule has 0 spiro atoms. The number of ketones is 1. The average molecular weight is 372 g/mol. The van der Waals surface area contributed by atoms with E-state index in [1.807, 2.05) is 30.9 Å². The van der Waals surface area contributed by atoms with Gasteiger partial charge in [0.15, 0.2) is 5.78 Å². The fourth-order valence-corrected chi connectivity index (χ4v) is 4.40. The highest BCUT2D eigenvalue weighted by molar-refractivity contribution is 7.11. The first kappa shape index (κ1) is 18.6. The normalized spacial score (nSPS) is 17.2. The Kier molecular flexibility index (Phi) is 5.71. The Morgan fingerprint density at radius 2 is 2.08 bits per heavy atom. The third-order valence-corrected chi connectivity index (χ3v) is 5.90. The van der Waals surface area contributed by atoms with E-state index in [9.17, 15) is 9.59 Å². The van der Waals surface area contributed by atoms with E-state index in [0.29, 0.717) is 30.8 Å². The van der Waals surface area contributed by atoms with E-state index in [-0.39, 0.29) is 17.6 Å². The van der Waals surface area contributed by atoms with Crippen LogP contribution in [0.15, 0.2) is 24.3 Å². The lowest BCUT2D eigenvalue weighted by Crippen LogP contribution is -2.43. The maximum atomic E-state index is 12.9. The first-order valence-electron chi connectivity index (χ1n) is 8.87. The number of aromatic nitrogens is 1. The summed E-state index contributed by atoms with van der Waals surface area (Å²) in [5.74, 6) is 0.559. The minimum atomic E-state index is -0.173. The number of piperidine rings is 1. The van der Waals surface area contributed by atoms with E-state index in [1.54, 1.807) is 30.6 Å². The van der Waals surface area contributed by atoms with Gasteiger partial charge in [0.2, 0.25) is 5.91 Å². The summed E-state index contributed by atoms with van der Waals surface area (Å²) < 4.78 is 5.32. The second-order valence-corrected chi connectivity index (χ2v) is 7.95. The predicted molar refractivity (Wildman–Crippen MR) is 102 cm³/mol. The number of para-hydroxylation sites is 1. The summed E-state index contributed by atoms with van der Waals surface area (Å²) in [6, 6.07) is 7.29. The number of aryl methyl sites for hydroxylation is 2. The summed E-state index contributed by atoms with van der Waals surface area (Å²) in [5, 5.41) is 0.980. The fourth-order valence-electron chi connectivity index (χ4n) is 3.47. The van der Waals surface area contributed by atoms with E-state index >= 15 is 0 Å². The Morgan fingerprint density at radius 1 is 1.31 bits per heavy atom. The smallest absolute Gasteiger partial charge is 0.227 e. The lowest BCUT2D eigenvalue weighted by atomic mass is 9.89. The van der Waals surface area contributed by atoms with E-state index < -0.39 is 0 Å². The van der Waals surface area contributed by atoms with Crippen LogP contribution in [-0.2, 0) is 11.2 Å². The number of carbonyl (C=O) groups is 2. The zero-order valence-corrected chi connectivity index (χ0v) is 16.3. The molecule has 26 heavy (non-hydrogen) atoms. The third-order valence-electron chi connectivity index (χ3n) is 4.83. The summed E-state index contributed by atoms with van der Waals surface area (Å²) in [4.78, 5) is 32.9. The molecule has 0 radical (unpaired) electrons. The van der Waals surface area contributed by atoms with Gasteiger partial charge >= 0.3 is 0 Å². The van der Waals surface area contributed by atoms with Gasteiger partial charge in [0.1, 0.15) is 5.75 Å². The molecule has 1 aliphatic heterocycles. The Balaban J connectivity index is 1.69. The first-order valence-corrected chi connectivity index (χ1v) is 9.69. The molecule has 3 rings (SSSR count). The molecule has 1 aromatic heterocycles. The SMILES string of the molecule is COc1ccccc1C(=O)C1CCCN(C(=O)Cc2sc(C)nc2C)C1. The first-order chi connectivity index (χ1) is 12.5. The molecule has 5 nitrogen and oxygen atoms in total. The molecular weight excluding hydrogens is 348 g/mol. The van der Waals surface area contributed by atoms with E-state index in [0.717, 1.165) is 28.4 Å². The number of hydrogen-bond donors (Lipinski definition) is 0. The van der Waals surface area contributed by atoms with Crippen LogP contribution < -0.4 is 4.74 Å². The van der Waals surface area contributed by atoms with Gasteiger partial charge in [0.05, 0.1) is 29.8 Å². The largest absolute Gasteiger partial charge is 0.496 e. The molecule has 138 valence electrons. The molecular formula is C20H24N2O3S. The molecule has 1 aliphatic rings. The van der Waals surface area contributed by atoms with Gasteiger partial charge in [-0.15, -0.1) is 11.3 Å². The molecule has 1 amide bonds. The number of rotatable bonds is 5. The molecule has 0 bridgehead atoms. The molecule has 1 saturated heterocycles. The van der Waals surface area contributed by atoms with Crippen molar-refractivity contribution in [3.63, 3.8) is 0 Å². The summed E-state index contributed by atoms with van der Waals surface area (Å²) in [6.45, 7) is 5.09. The Hall–Kier alpha value is -2.21. The highest BCUT2D eigenvalue weighted by Gasteiger charge is 2.30. The van der Waals surface area contributed by atoms with Crippen LogP contribution in [0.5, 0.6) is 5.75 Å². The summed E-state index contributed by atoms with van der Waals surface area (Å²) >= 11 is 1.57. The van der Waals surface area contributed by atoms with Crippen LogP contribution in [0.1, 0.15) is 38.8 Å². The van der Waals surface area contributed by atoms with Crippen molar-refractivity contribution >= 4 is 23.0 Å². The average Bonchev–Trinajstić information content (AvgIpc) is 2.98. The lowest BCUT2D eigenvalue weighted by molar-refractivity contribution is -0.131. The maximum absolute atomic E-state index is 12.9. The molecule has 1 unspecified atom stereocenters. The van der Waals surface area contributed by atoms with Crippen molar-refractivity contribution in [2.45, 2.75) is 33.1 Å². The van der Waals surface area contributed by atoms with Crippen molar-refractivity contribution in [3.8, 4) is 5.75 Å². The van der Waals surface area contributed by atoms with Crippen LogP contribution in [0.2, 0.25) is 0 Å². The van der Waals surface area contributed by atoms with Crippen LogP contribution in [0.3, 0.4) is 0 Å². The second kappa shape index (κ2) is 7.99. The van der Waals surface area contributed by atoms with Gasteiger partial charge in [-0.1, -0.05) is 12.1 Å². The summed E-state index contributed by atoms with van der Waals surface area (Å²) in [7, 11) is 1.57. The Labute approximate surface area is 158 Å². The number of likely N-dealkylation sites (tertiary alicyclic amines) is 1. The minimum absolute atomic E-state index is 0.0600. The summed E-state index contributed by atoms with van der Waals surface area (Å²) in [6.07, 6.45) is 2.02. The molecule has 1 atom stereocenters. The van der Waals surface area contributed by atoms with Crippen molar-refractivity contribution in [2.75, 3.05) is 20.2 Å². The predicted octanol–water partition coefficient (Wildman–Crippen LogP) is 3.43. The minimum Gasteiger partial charge on any atom is -0.496 e. The standard InChI is InChI=1S/C20H24N2O3S/c1-13-18(26-14(2)21-13)11-19(23)22-10-6-7-15(12-22)20(24)16-8-4-5-9-17(16)25-3/h4-5,8-9,15H,6-7,10-12H2,1-3H3. The van der Waals surface area contributed by atoms with Crippen LogP contribution >= 0.6 is 11.3 Å². The van der Waals surface area contributed by atoms with E-state index in [4.69, 9.17) is 4.74 Å². The molecule has 1 fully saturated rings. The van der Waals surface area contributed by atoms with Gasteiger partial charge in [-0.3, -0.25) is 9.59 Å². The third kappa shape index (κ3) is 3.96. The van der Waals surface area contributed by atoms with Gasteiger partial charge in [-0.05, 0) is 38.8 Å². The topological polar surface area (TPSA) is 59.5 Å². The van der Waals surface area contributed by atoms with Gasteiger partial charge < -0.3 is 9.64 Å². The number of methoxy groups -OCH3 is 1. The zero-order valence-electron chi connectivity index (χ0n) is 15.4. The fraction of sp³-hybridized carbons (Fsp3) is 0.450. The number of ether oxygens (including phenoxy) is 1. The maximum Gasteiger partial charge on any atom is 0.227 e. The van der Waals surface area contributed by atoms with Crippen LogP contribution in [0, 0.1) is 19.8 Å². The van der Waals surface area contributed by atoms with Crippen molar-refractivity contribution in [1.82, 2.24) is 9.88 Å². The lowest BCUT2D eigenvalue weighted by Gasteiger charge is -2.32. The van der Waals surface area contributed by atoms with Gasteiger partial charge in [0, 0.05) is 23.9 Å². The molecule has 0 N–H and O–H groups in total. The second-order valence-electron chi connectivity index (χ2n) is 6.66. The molecule has 0 aliphatic carbocycles. The Bertz CT molecular complexity index is 815. The van der Waals surface area contributed by atoms with Gasteiger partial charge in [-0.2, -0.15) is 0 Å². The highest BCUT2D eigenvalue weighted by atomic mass is 32.1. The van der Waals surface area contributed by atoms with Crippen LogP contribution in [0.25, 0.3) is 0 Å². The van der Waals surface area contributed by atoms with Crippen LogP contribution in [-0.4, -0.2) is 41.8 Å². The van der Waals surface area contributed by atoms with E-state index in [2.05, 4.69) is 4.98 Å². The molecule has 6 heteroatoms. The van der Waals surface area contributed by atoms with Crippen molar-refractivity contribution in [2.24, 2.45) is 5.92 Å². The van der Waals surface area contributed by atoms with Crippen molar-refractivity contribution in [3.05, 3.63) is 45.4 Å². The number of amides is 1. The van der Waals surface area contributed by atoms with Crippen molar-refractivity contribution < 1.29 is 14.3 Å². The number of nitrogens with zero attached hydrogens (tertiary/aromatic N) is 2. The molecule has 2 heterocycles. The highest BCUT2D eigenvalue weighted by Crippen LogP contribution is 2.27. The zero-order chi connectivity index (χ0) is 18.7. The van der Waals surface area contributed by atoms with Gasteiger partial charge in [0.25, 0.3) is 0 Å².